The number of nitrogens with zero attached hydrogens (tertiary/aromatic N) is 1. The van der Waals surface area contributed by atoms with Crippen LogP contribution in [0, 0.1) is 22.9 Å². The molecule has 21 heavy (non-hydrogen) atoms. The minimum absolute atomic E-state index is 0.0270. The zero-order valence-electron chi connectivity index (χ0n) is 11.2. The van der Waals surface area contributed by atoms with Crippen LogP contribution < -0.4 is 0 Å². The van der Waals surface area contributed by atoms with Gasteiger partial charge in [0.05, 0.1) is 10.5 Å². The average Bonchev–Trinajstić information content (AvgIpc) is 2.46. The van der Waals surface area contributed by atoms with Gasteiger partial charge < -0.3 is 4.74 Å². The van der Waals surface area contributed by atoms with Gasteiger partial charge >= 0.3 is 5.97 Å². The van der Waals surface area contributed by atoms with Gasteiger partial charge in [-0.2, -0.15) is 0 Å². The summed E-state index contributed by atoms with van der Waals surface area (Å²) in [7, 11) is 0. The molecule has 0 radical (unpaired) electrons. The highest BCUT2D eigenvalue weighted by Crippen LogP contribution is 2.20. The Bertz CT molecular complexity index is 683. The number of aryl methyl sites for hydroxylation is 1. The molecule has 0 saturated heterocycles. The van der Waals surface area contributed by atoms with Crippen LogP contribution in [0.3, 0.4) is 0 Å². The third-order valence-corrected chi connectivity index (χ3v) is 2.92. The zero-order valence-corrected chi connectivity index (χ0v) is 11.2. The van der Waals surface area contributed by atoms with Crippen LogP contribution in [-0.4, -0.2) is 10.9 Å². The Hall–Kier alpha value is -2.76. The second-order valence-corrected chi connectivity index (χ2v) is 4.46. The van der Waals surface area contributed by atoms with Gasteiger partial charge in [0.1, 0.15) is 12.4 Å². The van der Waals surface area contributed by atoms with Crippen LogP contribution in [0.1, 0.15) is 21.5 Å². The van der Waals surface area contributed by atoms with Crippen LogP contribution >= 0.6 is 0 Å². The Kier molecular flexibility index (Phi) is 4.27. The van der Waals surface area contributed by atoms with Gasteiger partial charge in [0.25, 0.3) is 5.69 Å². The minimum atomic E-state index is -0.664. The molecule has 0 fully saturated rings. The summed E-state index contributed by atoms with van der Waals surface area (Å²) in [4.78, 5) is 22.1. The minimum Gasteiger partial charge on any atom is -0.457 e. The van der Waals surface area contributed by atoms with Crippen molar-refractivity contribution in [2.24, 2.45) is 0 Å². The first-order valence-electron chi connectivity index (χ1n) is 6.14. The highest BCUT2D eigenvalue weighted by Gasteiger charge is 2.15. The largest absolute Gasteiger partial charge is 0.457 e. The van der Waals surface area contributed by atoms with Crippen molar-refractivity contribution in [1.82, 2.24) is 0 Å². The van der Waals surface area contributed by atoms with Gasteiger partial charge in [-0.25, -0.2) is 9.18 Å². The number of benzene rings is 2. The lowest BCUT2D eigenvalue weighted by atomic mass is 10.1. The summed E-state index contributed by atoms with van der Waals surface area (Å²) in [5.74, 6) is -1.04. The number of hydrogen-bond donors (Lipinski definition) is 0. The molecule has 5 nitrogen and oxygen atoms in total. The second-order valence-electron chi connectivity index (χ2n) is 4.46. The fourth-order valence-electron chi connectivity index (χ4n) is 1.75. The maximum absolute atomic E-state index is 12.7. The zero-order chi connectivity index (χ0) is 15.4. The van der Waals surface area contributed by atoms with Crippen molar-refractivity contribution >= 4 is 11.7 Å². The molecule has 6 heteroatoms. The molecule has 0 bridgehead atoms. The highest BCUT2D eigenvalue weighted by molar-refractivity contribution is 5.90. The molecule has 0 aliphatic rings. The summed E-state index contributed by atoms with van der Waals surface area (Å²) in [6.07, 6.45) is 0. The van der Waals surface area contributed by atoms with Crippen molar-refractivity contribution in [2.45, 2.75) is 13.5 Å². The normalized spacial score (nSPS) is 10.2. The number of esters is 1. The number of carbonyl (C=O) groups is 1. The molecular weight excluding hydrogens is 277 g/mol. The molecule has 2 aromatic carbocycles. The maximum Gasteiger partial charge on any atom is 0.338 e. The molecule has 2 rings (SSSR count). The van der Waals surface area contributed by atoms with Crippen molar-refractivity contribution in [1.29, 1.82) is 0 Å². The highest BCUT2D eigenvalue weighted by atomic mass is 19.1. The van der Waals surface area contributed by atoms with Crippen molar-refractivity contribution in [3.63, 3.8) is 0 Å². The smallest absolute Gasteiger partial charge is 0.338 e. The van der Waals surface area contributed by atoms with Crippen LogP contribution in [-0.2, 0) is 11.3 Å². The molecule has 0 amide bonds. The predicted octanol–water partition coefficient (Wildman–Crippen LogP) is 3.40. The summed E-state index contributed by atoms with van der Waals surface area (Å²) in [6, 6.07) is 9.67. The lowest BCUT2D eigenvalue weighted by Gasteiger charge is -2.06. The SMILES string of the molecule is Cc1ccc(C(=O)OCc2ccc(F)cc2)cc1[N+](=O)[O-]. The Morgan fingerprint density at radius 3 is 2.52 bits per heavy atom. The van der Waals surface area contributed by atoms with Crippen molar-refractivity contribution in [2.75, 3.05) is 0 Å². The fourth-order valence-corrected chi connectivity index (χ4v) is 1.75. The van der Waals surface area contributed by atoms with Gasteiger partial charge in [-0.1, -0.05) is 18.2 Å². The second kappa shape index (κ2) is 6.13. The number of nitro groups is 1. The number of ether oxygens (including phenoxy) is 1. The number of hydrogen-bond acceptors (Lipinski definition) is 4. The molecule has 0 spiro atoms. The standard InChI is InChI=1S/C15H12FNO4/c1-10-2-5-12(8-14(10)17(19)20)15(18)21-9-11-3-6-13(16)7-4-11/h2-8H,9H2,1H3. The maximum atomic E-state index is 12.7. The van der Waals surface area contributed by atoms with E-state index in [0.717, 1.165) is 0 Å². The lowest BCUT2D eigenvalue weighted by Crippen LogP contribution is -2.06. The van der Waals surface area contributed by atoms with Crippen molar-refractivity contribution in [3.8, 4) is 0 Å². The summed E-state index contributed by atoms with van der Waals surface area (Å²) in [6.45, 7) is 1.56. The van der Waals surface area contributed by atoms with Gasteiger partial charge in [-0.3, -0.25) is 10.1 Å². The van der Waals surface area contributed by atoms with Gasteiger partial charge in [0, 0.05) is 11.6 Å². The van der Waals surface area contributed by atoms with Crippen molar-refractivity contribution in [3.05, 3.63) is 75.1 Å². The Morgan fingerprint density at radius 1 is 1.24 bits per heavy atom. The van der Waals surface area contributed by atoms with Gasteiger partial charge in [-0.15, -0.1) is 0 Å². The van der Waals surface area contributed by atoms with E-state index in [0.29, 0.717) is 11.1 Å². The predicted molar refractivity (Wildman–Crippen MR) is 73.4 cm³/mol. The van der Waals surface area contributed by atoms with E-state index in [-0.39, 0.29) is 23.7 Å². The summed E-state index contributed by atoms with van der Waals surface area (Å²) in [5.41, 5.74) is 1.07. The van der Waals surface area contributed by atoms with Crippen LogP contribution in [0.25, 0.3) is 0 Å². The quantitative estimate of drug-likeness (QED) is 0.491. The van der Waals surface area contributed by atoms with Gasteiger partial charge in [-0.05, 0) is 30.7 Å². The molecule has 0 aromatic heterocycles. The number of halogens is 1. The summed E-state index contributed by atoms with van der Waals surface area (Å²) >= 11 is 0. The van der Waals surface area contributed by atoms with Crippen LogP contribution in [0.4, 0.5) is 10.1 Å². The molecule has 0 saturated carbocycles. The van der Waals surface area contributed by atoms with E-state index >= 15 is 0 Å². The first kappa shape index (κ1) is 14.6. The third-order valence-electron chi connectivity index (χ3n) is 2.92. The molecular formula is C15H12FNO4. The van der Waals surface area contributed by atoms with Gasteiger partial charge in [0.2, 0.25) is 0 Å². The summed E-state index contributed by atoms with van der Waals surface area (Å²) in [5, 5.41) is 10.8. The van der Waals surface area contributed by atoms with E-state index in [4.69, 9.17) is 4.74 Å². The van der Waals surface area contributed by atoms with E-state index in [1.807, 2.05) is 0 Å². The number of nitro benzene ring substituents is 1. The van der Waals surface area contributed by atoms with E-state index in [1.54, 1.807) is 6.92 Å². The number of carbonyl (C=O) groups excluding carboxylic acids is 1. The monoisotopic (exact) mass is 289 g/mol. The van der Waals surface area contributed by atoms with E-state index in [2.05, 4.69) is 0 Å². The molecule has 0 heterocycles. The molecule has 108 valence electrons. The summed E-state index contributed by atoms with van der Waals surface area (Å²) < 4.78 is 17.8. The van der Waals surface area contributed by atoms with Crippen LogP contribution in [0.5, 0.6) is 0 Å². The van der Waals surface area contributed by atoms with E-state index in [1.165, 1.54) is 42.5 Å². The molecule has 0 aliphatic carbocycles. The Balaban J connectivity index is 2.08. The third kappa shape index (κ3) is 3.62. The average molecular weight is 289 g/mol. The van der Waals surface area contributed by atoms with E-state index in [9.17, 15) is 19.3 Å². The molecule has 0 N–H and O–H groups in total. The van der Waals surface area contributed by atoms with Crippen LogP contribution in [0.2, 0.25) is 0 Å². The first-order valence-corrected chi connectivity index (χ1v) is 6.14. The van der Waals surface area contributed by atoms with Crippen LogP contribution in [0.15, 0.2) is 42.5 Å². The topological polar surface area (TPSA) is 69.4 Å². The van der Waals surface area contributed by atoms with E-state index < -0.39 is 10.9 Å². The Morgan fingerprint density at radius 2 is 1.90 bits per heavy atom. The number of rotatable bonds is 4. The van der Waals surface area contributed by atoms with Crippen molar-refractivity contribution < 1.29 is 18.8 Å². The van der Waals surface area contributed by atoms with Gasteiger partial charge in [0.15, 0.2) is 0 Å². The molecule has 0 aliphatic heterocycles. The molecule has 2 aromatic rings. The first-order chi connectivity index (χ1) is 9.97. The molecule has 0 unspecified atom stereocenters. The lowest BCUT2D eigenvalue weighted by molar-refractivity contribution is -0.385. The Labute approximate surface area is 120 Å². The molecule has 0 atom stereocenters. The fraction of sp³-hybridized carbons (Fsp3) is 0.133.